The van der Waals surface area contributed by atoms with Crippen molar-refractivity contribution in [2.45, 2.75) is 19.6 Å². The van der Waals surface area contributed by atoms with Gasteiger partial charge in [-0.05, 0) is 40.4 Å². The molecule has 0 aliphatic rings. The fourth-order valence-electron chi connectivity index (χ4n) is 1.49. The van der Waals surface area contributed by atoms with Crippen molar-refractivity contribution in [2.24, 2.45) is 0 Å². The number of amides is 1. The Hall–Kier alpha value is -1.60. The number of aromatic nitrogens is 1. The highest BCUT2D eigenvalue weighted by Crippen LogP contribution is 2.12. The van der Waals surface area contributed by atoms with E-state index in [-0.39, 0.29) is 5.91 Å². The van der Waals surface area contributed by atoms with Crippen LogP contribution in [-0.2, 0) is 16.1 Å². The van der Waals surface area contributed by atoms with Crippen molar-refractivity contribution in [3.05, 3.63) is 44.8 Å². The number of rotatable bonds is 5. The zero-order valence-electron chi connectivity index (χ0n) is 10.7. The summed E-state index contributed by atoms with van der Waals surface area (Å²) >= 11 is 4.78. The molecular weight excluding hydrogens is 344 g/mol. The van der Waals surface area contributed by atoms with Crippen LogP contribution in [0.25, 0.3) is 0 Å². The number of ether oxygens (including phenoxy) is 1. The molecule has 0 aromatic carbocycles. The van der Waals surface area contributed by atoms with E-state index in [9.17, 15) is 9.59 Å². The van der Waals surface area contributed by atoms with E-state index in [0.29, 0.717) is 12.2 Å². The van der Waals surface area contributed by atoms with Gasteiger partial charge in [0.05, 0.1) is 6.54 Å². The summed E-state index contributed by atoms with van der Waals surface area (Å²) in [6.45, 7) is 1.98. The summed E-state index contributed by atoms with van der Waals surface area (Å²) in [4.78, 5) is 27.4. The fraction of sp³-hybridized carbons (Fsp3) is 0.231. The molecule has 0 aliphatic carbocycles. The van der Waals surface area contributed by atoms with Gasteiger partial charge in [0, 0.05) is 15.5 Å². The van der Waals surface area contributed by atoms with Crippen LogP contribution in [0.15, 0.2) is 34.2 Å². The first-order valence-corrected chi connectivity index (χ1v) is 7.58. The lowest BCUT2D eigenvalue weighted by atomic mass is 10.3. The topological polar surface area (TPSA) is 71.2 Å². The molecule has 0 radical (unpaired) electrons. The summed E-state index contributed by atoms with van der Waals surface area (Å²) in [7, 11) is 0. The molecule has 5 nitrogen and oxygen atoms in total. The predicted molar refractivity (Wildman–Crippen MR) is 79.5 cm³/mol. The number of nitrogens with one attached hydrogen (secondary N) is 2. The first-order chi connectivity index (χ1) is 9.56. The van der Waals surface area contributed by atoms with Gasteiger partial charge in [0.1, 0.15) is 5.69 Å². The molecule has 2 rings (SSSR count). The van der Waals surface area contributed by atoms with Crippen molar-refractivity contribution in [3.8, 4) is 0 Å². The Labute approximate surface area is 128 Å². The number of hydrogen-bond acceptors (Lipinski definition) is 4. The highest BCUT2D eigenvalue weighted by atomic mass is 79.9. The average Bonchev–Trinajstić information content (AvgIpc) is 3.06. The van der Waals surface area contributed by atoms with Crippen LogP contribution >= 0.6 is 27.3 Å². The van der Waals surface area contributed by atoms with Gasteiger partial charge in [0.15, 0.2) is 6.10 Å². The van der Waals surface area contributed by atoms with Crippen LogP contribution in [0, 0.1) is 0 Å². The molecule has 0 spiro atoms. The molecule has 2 heterocycles. The van der Waals surface area contributed by atoms with Crippen molar-refractivity contribution in [1.82, 2.24) is 10.3 Å². The summed E-state index contributed by atoms with van der Waals surface area (Å²) in [5.74, 6) is -0.883. The number of H-pyrrole nitrogens is 1. The third-order valence-electron chi connectivity index (χ3n) is 2.54. The van der Waals surface area contributed by atoms with Gasteiger partial charge in [0.25, 0.3) is 5.91 Å². The molecule has 2 N–H and O–H groups in total. The SMILES string of the molecule is CC(OC(=O)c1cc(Br)c[nH]1)C(=O)NCc1cccs1. The first-order valence-electron chi connectivity index (χ1n) is 5.91. The summed E-state index contributed by atoms with van der Waals surface area (Å²) in [5, 5.41) is 4.66. The lowest BCUT2D eigenvalue weighted by Crippen LogP contribution is -2.35. The number of carbonyl (C=O) groups is 2. The highest BCUT2D eigenvalue weighted by molar-refractivity contribution is 9.10. The molecule has 0 aliphatic heterocycles. The largest absolute Gasteiger partial charge is 0.448 e. The second-order valence-corrected chi connectivity index (χ2v) is 6.02. The minimum absolute atomic E-state index is 0.301. The number of thiophene rings is 1. The van der Waals surface area contributed by atoms with E-state index in [1.807, 2.05) is 17.5 Å². The molecule has 2 aromatic heterocycles. The van der Waals surface area contributed by atoms with Crippen LogP contribution in [0.1, 0.15) is 22.3 Å². The van der Waals surface area contributed by atoms with Gasteiger partial charge in [-0.25, -0.2) is 4.79 Å². The Kier molecular flexibility index (Phi) is 4.97. The first kappa shape index (κ1) is 14.8. The molecule has 0 saturated heterocycles. The third-order valence-corrected chi connectivity index (χ3v) is 3.87. The Bertz CT molecular complexity index is 595. The van der Waals surface area contributed by atoms with Gasteiger partial charge in [-0.1, -0.05) is 6.07 Å². The Morgan fingerprint density at radius 1 is 1.55 bits per heavy atom. The number of aromatic amines is 1. The maximum Gasteiger partial charge on any atom is 0.355 e. The Balaban J connectivity index is 1.83. The van der Waals surface area contributed by atoms with E-state index in [4.69, 9.17) is 4.74 Å². The molecule has 1 amide bonds. The molecule has 0 bridgehead atoms. The second kappa shape index (κ2) is 6.71. The molecule has 0 saturated carbocycles. The lowest BCUT2D eigenvalue weighted by molar-refractivity contribution is -0.129. The second-order valence-electron chi connectivity index (χ2n) is 4.08. The van der Waals surface area contributed by atoms with Crippen molar-refractivity contribution in [1.29, 1.82) is 0 Å². The highest BCUT2D eigenvalue weighted by Gasteiger charge is 2.19. The minimum Gasteiger partial charge on any atom is -0.448 e. The lowest BCUT2D eigenvalue weighted by Gasteiger charge is -2.12. The molecule has 106 valence electrons. The van der Waals surface area contributed by atoms with E-state index in [0.717, 1.165) is 9.35 Å². The fourth-order valence-corrected chi connectivity index (χ4v) is 2.48. The molecule has 7 heteroatoms. The molecule has 0 fully saturated rings. The Morgan fingerprint density at radius 2 is 2.35 bits per heavy atom. The van der Waals surface area contributed by atoms with Gasteiger partial charge in [-0.3, -0.25) is 4.79 Å². The van der Waals surface area contributed by atoms with Crippen molar-refractivity contribution < 1.29 is 14.3 Å². The van der Waals surface area contributed by atoms with E-state index >= 15 is 0 Å². The van der Waals surface area contributed by atoms with E-state index < -0.39 is 12.1 Å². The molecular formula is C13H13BrN2O3S. The van der Waals surface area contributed by atoms with Gasteiger partial charge in [-0.2, -0.15) is 0 Å². The quantitative estimate of drug-likeness (QED) is 0.809. The van der Waals surface area contributed by atoms with E-state index in [2.05, 4.69) is 26.2 Å². The molecule has 2 aromatic rings. The Morgan fingerprint density at radius 3 is 2.95 bits per heavy atom. The number of esters is 1. The van der Waals surface area contributed by atoms with Gasteiger partial charge in [0.2, 0.25) is 0 Å². The maximum atomic E-state index is 11.8. The van der Waals surface area contributed by atoms with Crippen LogP contribution in [0.2, 0.25) is 0 Å². The molecule has 20 heavy (non-hydrogen) atoms. The summed E-state index contributed by atoms with van der Waals surface area (Å²) in [6.07, 6.45) is 0.780. The van der Waals surface area contributed by atoms with Gasteiger partial charge >= 0.3 is 5.97 Å². The van der Waals surface area contributed by atoms with Gasteiger partial charge in [-0.15, -0.1) is 11.3 Å². The number of carbonyl (C=O) groups excluding carboxylic acids is 2. The van der Waals surface area contributed by atoms with Crippen LogP contribution in [0.4, 0.5) is 0 Å². The monoisotopic (exact) mass is 356 g/mol. The average molecular weight is 357 g/mol. The standard InChI is InChI=1S/C13H13BrN2O3S/c1-8(12(17)16-7-10-3-2-4-20-10)19-13(18)11-5-9(14)6-15-11/h2-6,8,15H,7H2,1H3,(H,16,17). The normalized spacial score (nSPS) is 11.9. The number of hydrogen-bond donors (Lipinski definition) is 2. The van der Waals surface area contributed by atoms with Crippen LogP contribution < -0.4 is 5.32 Å². The van der Waals surface area contributed by atoms with Crippen molar-refractivity contribution in [2.75, 3.05) is 0 Å². The zero-order chi connectivity index (χ0) is 14.5. The van der Waals surface area contributed by atoms with E-state index in [1.54, 1.807) is 30.5 Å². The third kappa shape index (κ3) is 3.94. The predicted octanol–water partition coefficient (Wildman–Crippen LogP) is 2.70. The summed E-state index contributed by atoms with van der Waals surface area (Å²) < 4.78 is 5.83. The van der Waals surface area contributed by atoms with E-state index in [1.165, 1.54) is 0 Å². The maximum absolute atomic E-state index is 11.8. The smallest absolute Gasteiger partial charge is 0.355 e. The van der Waals surface area contributed by atoms with Crippen molar-refractivity contribution in [3.63, 3.8) is 0 Å². The minimum atomic E-state index is -0.843. The molecule has 1 atom stereocenters. The van der Waals surface area contributed by atoms with Crippen LogP contribution in [0.3, 0.4) is 0 Å². The summed E-state index contributed by atoms with van der Waals surface area (Å²) in [6, 6.07) is 5.44. The van der Waals surface area contributed by atoms with Crippen LogP contribution in [-0.4, -0.2) is 23.0 Å². The van der Waals surface area contributed by atoms with Crippen molar-refractivity contribution >= 4 is 39.1 Å². The van der Waals surface area contributed by atoms with Crippen LogP contribution in [0.5, 0.6) is 0 Å². The summed E-state index contributed by atoms with van der Waals surface area (Å²) in [5.41, 5.74) is 0.301. The molecule has 1 unspecified atom stereocenters. The van der Waals surface area contributed by atoms with Gasteiger partial charge < -0.3 is 15.0 Å². The zero-order valence-corrected chi connectivity index (χ0v) is 13.1. The number of halogens is 1.